The lowest BCUT2D eigenvalue weighted by Gasteiger charge is -2.27. The van der Waals surface area contributed by atoms with E-state index in [4.69, 9.17) is 0 Å². The van der Waals surface area contributed by atoms with Crippen molar-refractivity contribution in [2.24, 2.45) is 5.41 Å². The summed E-state index contributed by atoms with van der Waals surface area (Å²) < 4.78 is 50.5. The smallest absolute Gasteiger partial charge is 0.207 e. The van der Waals surface area contributed by atoms with Gasteiger partial charge in [0.15, 0.2) is 0 Å². The molecular weight excluding hydrogens is 184 g/mol. The zero-order chi connectivity index (χ0) is 10.9. The Morgan fingerprint density at radius 1 is 0.769 bits per heavy atom. The molecule has 0 heterocycles. The highest BCUT2D eigenvalue weighted by molar-refractivity contribution is 4.79. The standard InChI is InChI=1S/C9H16F4/c1-7(2,3)5-9(12,13)6-8(4,10)11/h5-6H2,1-4H3. The van der Waals surface area contributed by atoms with Gasteiger partial charge in [0, 0.05) is 6.42 Å². The fourth-order valence-electron chi connectivity index (χ4n) is 1.29. The first-order chi connectivity index (χ1) is 5.41. The quantitative estimate of drug-likeness (QED) is 0.601. The molecule has 0 unspecified atom stereocenters. The van der Waals surface area contributed by atoms with E-state index in [0.717, 1.165) is 0 Å². The van der Waals surface area contributed by atoms with Crippen LogP contribution in [0.3, 0.4) is 0 Å². The van der Waals surface area contributed by atoms with Gasteiger partial charge in [-0.2, -0.15) is 0 Å². The van der Waals surface area contributed by atoms with Crippen molar-refractivity contribution in [3.63, 3.8) is 0 Å². The van der Waals surface area contributed by atoms with Gasteiger partial charge >= 0.3 is 0 Å². The summed E-state index contributed by atoms with van der Waals surface area (Å²) in [5, 5.41) is 0. The van der Waals surface area contributed by atoms with Gasteiger partial charge in [0.2, 0.25) is 0 Å². The highest BCUT2D eigenvalue weighted by Crippen LogP contribution is 2.38. The van der Waals surface area contributed by atoms with Crippen LogP contribution in [0.1, 0.15) is 40.5 Å². The first-order valence-electron chi connectivity index (χ1n) is 4.17. The number of alkyl halides is 4. The molecule has 0 radical (unpaired) electrons. The SMILES string of the molecule is CC(C)(C)CC(F)(F)CC(C)(F)F. The fourth-order valence-corrected chi connectivity index (χ4v) is 1.29. The molecular formula is C9H16F4. The summed E-state index contributed by atoms with van der Waals surface area (Å²) in [6.45, 7) is 5.34. The van der Waals surface area contributed by atoms with E-state index in [1.165, 1.54) is 0 Å². The second-order valence-corrected chi connectivity index (χ2v) is 4.84. The lowest BCUT2D eigenvalue weighted by molar-refractivity contribution is -0.117. The van der Waals surface area contributed by atoms with Crippen LogP contribution in [0.15, 0.2) is 0 Å². The summed E-state index contributed by atoms with van der Waals surface area (Å²) >= 11 is 0. The van der Waals surface area contributed by atoms with Crippen molar-refractivity contribution in [1.29, 1.82) is 0 Å². The summed E-state index contributed by atoms with van der Waals surface area (Å²) in [5.74, 6) is -6.58. The molecule has 0 nitrogen and oxygen atoms in total. The summed E-state index contributed by atoms with van der Waals surface area (Å²) in [4.78, 5) is 0. The number of hydrogen-bond acceptors (Lipinski definition) is 0. The van der Waals surface area contributed by atoms with E-state index in [1.807, 2.05) is 0 Å². The molecule has 0 aromatic heterocycles. The van der Waals surface area contributed by atoms with Crippen molar-refractivity contribution in [1.82, 2.24) is 0 Å². The van der Waals surface area contributed by atoms with Gasteiger partial charge < -0.3 is 0 Å². The highest BCUT2D eigenvalue weighted by atomic mass is 19.3. The van der Waals surface area contributed by atoms with E-state index in [2.05, 4.69) is 0 Å². The minimum Gasteiger partial charge on any atom is -0.207 e. The first-order valence-corrected chi connectivity index (χ1v) is 4.17. The van der Waals surface area contributed by atoms with Crippen LogP contribution < -0.4 is 0 Å². The average Bonchev–Trinajstić information content (AvgIpc) is 1.43. The van der Waals surface area contributed by atoms with Crippen molar-refractivity contribution in [2.45, 2.75) is 52.4 Å². The molecule has 0 aliphatic rings. The zero-order valence-corrected chi connectivity index (χ0v) is 8.43. The Bertz CT molecular complexity index is 143. The van der Waals surface area contributed by atoms with E-state index >= 15 is 0 Å². The van der Waals surface area contributed by atoms with Gasteiger partial charge in [0.1, 0.15) is 0 Å². The Hall–Kier alpha value is -0.280. The maximum absolute atomic E-state index is 12.9. The van der Waals surface area contributed by atoms with Crippen molar-refractivity contribution < 1.29 is 17.6 Å². The Balaban J connectivity index is 4.25. The molecule has 80 valence electrons. The average molecular weight is 200 g/mol. The third-order valence-corrected chi connectivity index (χ3v) is 1.36. The van der Waals surface area contributed by atoms with Crippen molar-refractivity contribution in [2.75, 3.05) is 0 Å². The van der Waals surface area contributed by atoms with E-state index in [9.17, 15) is 17.6 Å². The van der Waals surface area contributed by atoms with Crippen LogP contribution in [-0.2, 0) is 0 Å². The molecule has 0 amide bonds. The second-order valence-electron chi connectivity index (χ2n) is 4.84. The van der Waals surface area contributed by atoms with E-state index < -0.39 is 30.1 Å². The molecule has 4 heteroatoms. The molecule has 0 bridgehead atoms. The van der Waals surface area contributed by atoms with E-state index in [-0.39, 0.29) is 0 Å². The molecule has 0 aromatic carbocycles. The molecule has 0 atom stereocenters. The second kappa shape index (κ2) is 3.46. The molecule has 0 spiro atoms. The van der Waals surface area contributed by atoms with Gasteiger partial charge in [-0.05, 0) is 12.3 Å². The lowest BCUT2D eigenvalue weighted by Crippen LogP contribution is -2.30. The Morgan fingerprint density at radius 3 is 1.38 bits per heavy atom. The van der Waals surface area contributed by atoms with E-state index in [0.29, 0.717) is 6.92 Å². The highest BCUT2D eigenvalue weighted by Gasteiger charge is 2.42. The zero-order valence-electron chi connectivity index (χ0n) is 8.43. The molecule has 0 aliphatic carbocycles. The minimum absolute atomic E-state index is 0.510. The van der Waals surface area contributed by atoms with Gasteiger partial charge in [0.25, 0.3) is 11.8 Å². The Labute approximate surface area is 76.3 Å². The fraction of sp³-hybridized carbons (Fsp3) is 1.00. The molecule has 0 aliphatic heterocycles. The normalized spacial score (nSPS) is 14.8. The van der Waals surface area contributed by atoms with Gasteiger partial charge in [-0.1, -0.05) is 20.8 Å². The predicted molar refractivity (Wildman–Crippen MR) is 44.3 cm³/mol. The maximum Gasteiger partial charge on any atom is 0.254 e. The topological polar surface area (TPSA) is 0 Å². The third-order valence-electron chi connectivity index (χ3n) is 1.36. The van der Waals surface area contributed by atoms with E-state index in [1.54, 1.807) is 20.8 Å². The van der Waals surface area contributed by atoms with Crippen molar-refractivity contribution in [3.05, 3.63) is 0 Å². The minimum atomic E-state index is -3.30. The van der Waals surface area contributed by atoms with Crippen LogP contribution in [0.5, 0.6) is 0 Å². The summed E-state index contributed by atoms with van der Waals surface area (Å²) in [6.07, 6.45) is -1.87. The number of hydrogen-bond donors (Lipinski definition) is 0. The molecule has 0 rings (SSSR count). The van der Waals surface area contributed by atoms with Crippen LogP contribution in [0, 0.1) is 5.41 Å². The summed E-state index contributed by atoms with van der Waals surface area (Å²) in [5.41, 5.74) is -0.630. The molecule has 0 fully saturated rings. The molecule has 0 saturated carbocycles. The largest absolute Gasteiger partial charge is 0.254 e. The van der Waals surface area contributed by atoms with Gasteiger partial charge in [-0.15, -0.1) is 0 Å². The summed E-state index contributed by atoms with van der Waals surface area (Å²) in [6, 6.07) is 0. The number of halogens is 4. The van der Waals surface area contributed by atoms with Crippen LogP contribution in [0.4, 0.5) is 17.6 Å². The maximum atomic E-state index is 12.9. The molecule has 0 aromatic rings. The Kier molecular flexibility index (Phi) is 3.39. The van der Waals surface area contributed by atoms with Gasteiger partial charge in [0.05, 0.1) is 6.42 Å². The lowest BCUT2D eigenvalue weighted by atomic mass is 9.87. The Morgan fingerprint density at radius 2 is 1.15 bits per heavy atom. The van der Waals surface area contributed by atoms with Crippen molar-refractivity contribution in [3.8, 4) is 0 Å². The van der Waals surface area contributed by atoms with Crippen LogP contribution in [0.2, 0.25) is 0 Å². The summed E-state index contributed by atoms with van der Waals surface area (Å²) in [7, 11) is 0. The predicted octanol–water partition coefficient (Wildman–Crippen LogP) is 4.10. The molecule has 0 N–H and O–H groups in total. The molecule has 13 heavy (non-hydrogen) atoms. The van der Waals surface area contributed by atoms with Crippen LogP contribution in [-0.4, -0.2) is 11.8 Å². The molecule has 0 saturated heterocycles. The monoisotopic (exact) mass is 200 g/mol. The van der Waals surface area contributed by atoms with Crippen LogP contribution >= 0.6 is 0 Å². The van der Waals surface area contributed by atoms with Crippen LogP contribution in [0.25, 0.3) is 0 Å². The number of rotatable bonds is 3. The van der Waals surface area contributed by atoms with Gasteiger partial charge in [-0.25, -0.2) is 17.6 Å². The van der Waals surface area contributed by atoms with Gasteiger partial charge in [-0.3, -0.25) is 0 Å². The third kappa shape index (κ3) is 8.06. The first kappa shape index (κ1) is 12.7. The van der Waals surface area contributed by atoms with Crippen molar-refractivity contribution >= 4 is 0 Å².